The largest absolute Gasteiger partial charge is 0.776 e. The molecule has 0 fully saturated rings. The second-order valence-electron chi connectivity index (χ2n) is 3.00. The van der Waals surface area contributed by atoms with Gasteiger partial charge in [0.05, 0.1) is 0 Å². The van der Waals surface area contributed by atoms with Gasteiger partial charge in [0.15, 0.2) is 0 Å². The molecule has 2 aromatic carbocycles. The molecule has 0 N–H and O–H groups in total. The van der Waals surface area contributed by atoms with E-state index >= 15 is 0 Å². The maximum atomic E-state index is 5.63. The first kappa shape index (κ1) is 10.2. The van der Waals surface area contributed by atoms with E-state index in [0.29, 0.717) is 21.3 Å². The highest BCUT2D eigenvalue weighted by Crippen LogP contribution is 2.27. The number of benzene rings is 2. The zero-order chi connectivity index (χ0) is 10.7. The van der Waals surface area contributed by atoms with E-state index in [2.05, 4.69) is 0 Å². The summed E-state index contributed by atoms with van der Waals surface area (Å²) in [4.78, 5) is 1.38. The maximum absolute atomic E-state index is 5.63. The van der Waals surface area contributed by atoms with E-state index in [1.165, 1.54) is 0 Å². The van der Waals surface area contributed by atoms with Crippen LogP contribution in [0.25, 0.3) is 0 Å². The Bertz CT molecular complexity index is 425. The predicted molar refractivity (Wildman–Crippen MR) is 64.2 cm³/mol. The van der Waals surface area contributed by atoms with Gasteiger partial charge in [-0.05, 0) is 12.1 Å². The number of para-hydroxylation sites is 2. The molecule has 0 atom stereocenters. The summed E-state index contributed by atoms with van der Waals surface area (Å²) < 4.78 is 5.63. The van der Waals surface area contributed by atoms with Gasteiger partial charge in [0.1, 0.15) is 11.5 Å². The van der Waals surface area contributed by atoms with Crippen LogP contribution in [-0.4, -0.2) is 0 Å². The molecule has 0 aliphatic carbocycles. The molecule has 1 nitrogen and oxygen atoms in total. The lowest BCUT2D eigenvalue weighted by Crippen LogP contribution is -1.88. The van der Waals surface area contributed by atoms with Crippen LogP contribution in [0.3, 0.4) is 0 Å². The summed E-state index contributed by atoms with van der Waals surface area (Å²) in [5.41, 5.74) is 0. The lowest BCUT2D eigenvalue weighted by Gasteiger charge is -2.18. The molecule has 0 aliphatic rings. The van der Waals surface area contributed by atoms with Crippen molar-refractivity contribution in [2.24, 2.45) is 0 Å². The number of hydrogen-bond donors (Lipinski definition) is 0. The Hall–Kier alpha value is -1.32. The molecule has 0 aliphatic heterocycles. The molecule has 0 saturated heterocycles. The molecule has 2 rings (SSSR count). The Morgan fingerprint density at radius 3 is 1.47 bits per heavy atom. The molecule has 3 heteroatoms. The normalized spacial score (nSPS) is 9.87. The topological polar surface area (TPSA) is 9.23 Å². The minimum absolute atomic E-state index is 0.671. The third kappa shape index (κ3) is 2.37. The van der Waals surface area contributed by atoms with E-state index in [9.17, 15) is 0 Å². The smallest absolute Gasteiger partial charge is 0.108 e. The van der Waals surface area contributed by atoms with Crippen molar-refractivity contribution in [1.82, 2.24) is 0 Å². The van der Waals surface area contributed by atoms with Crippen LogP contribution in [0.1, 0.15) is 0 Å². The number of rotatable bonds is 2. The first-order valence-electron chi connectivity index (χ1n) is 4.47. The van der Waals surface area contributed by atoms with E-state index in [-0.39, 0.29) is 0 Å². The molecule has 0 amide bonds. The van der Waals surface area contributed by atoms with Gasteiger partial charge in [0.2, 0.25) is 0 Å². The molecule has 0 aromatic heterocycles. The fourth-order valence-electron chi connectivity index (χ4n) is 1.19. The average Bonchev–Trinajstić information content (AvgIpc) is 2.24. The van der Waals surface area contributed by atoms with Crippen LogP contribution in [0.2, 0.25) is 0 Å². The van der Waals surface area contributed by atoms with E-state index in [1.807, 2.05) is 48.5 Å². The summed E-state index contributed by atoms with van der Waals surface area (Å²) in [6.07, 6.45) is 0. The van der Waals surface area contributed by atoms with Crippen LogP contribution in [-0.2, 0) is 25.3 Å². The van der Waals surface area contributed by atoms with Crippen LogP contribution in [0.15, 0.2) is 58.3 Å². The summed E-state index contributed by atoms with van der Waals surface area (Å²) >= 11 is 10.3. The molecule has 2 aromatic rings. The maximum Gasteiger partial charge on any atom is 0.108 e. The molecule has 76 valence electrons. The summed E-state index contributed by atoms with van der Waals surface area (Å²) in [5, 5.41) is 0. The highest BCUT2D eigenvalue weighted by Gasteiger charge is 1.95. The van der Waals surface area contributed by atoms with Crippen molar-refractivity contribution < 1.29 is 4.74 Å². The van der Waals surface area contributed by atoms with Crippen LogP contribution in [0.4, 0.5) is 0 Å². The Morgan fingerprint density at radius 1 is 0.667 bits per heavy atom. The fourth-order valence-corrected chi connectivity index (χ4v) is 1.56. The van der Waals surface area contributed by atoms with Crippen molar-refractivity contribution in [3.63, 3.8) is 0 Å². The molecule has 0 heterocycles. The standard InChI is InChI=1S/C12H10OS2/c14-11-7-3-1-5-9(11)13-10-6-2-4-8-12(10)15/h1-8,14-15H/p-2. The van der Waals surface area contributed by atoms with Gasteiger partial charge >= 0.3 is 0 Å². The minimum atomic E-state index is 0.671. The van der Waals surface area contributed by atoms with Gasteiger partial charge in [-0.1, -0.05) is 36.4 Å². The number of ether oxygens (including phenoxy) is 1. The van der Waals surface area contributed by atoms with Gasteiger partial charge in [-0.2, -0.15) is 0 Å². The van der Waals surface area contributed by atoms with Gasteiger partial charge in [-0.15, -0.1) is 9.79 Å². The zero-order valence-electron chi connectivity index (χ0n) is 7.84. The highest BCUT2D eigenvalue weighted by molar-refractivity contribution is 7.59. The van der Waals surface area contributed by atoms with Crippen molar-refractivity contribution in [1.29, 1.82) is 0 Å². The van der Waals surface area contributed by atoms with Gasteiger partial charge in [0.25, 0.3) is 0 Å². The van der Waals surface area contributed by atoms with E-state index in [4.69, 9.17) is 30.0 Å². The highest BCUT2D eigenvalue weighted by atomic mass is 32.1. The Balaban J connectivity index is 2.30. The Labute approximate surface area is 99.9 Å². The van der Waals surface area contributed by atoms with Gasteiger partial charge in [-0.3, -0.25) is 0 Å². The van der Waals surface area contributed by atoms with Gasteiger partial charge in [0, 0.05) is 0 Å². The van der Waals surface area contributed by atoms with Crippen LogP contribution < -0.4 is 4.74 Å². The third-order valence-corrected chi connectivity index (χ3v) is 2.59. The summed E-state index contributed by atoms with van der Waals surface area (Å²) in [7, 11) is 0. The van der Waals surface area contributed by atoms with Crippen molar-refractivity contribution in [2.75, 3.05) is 0 Å². The summed E-state index contributed by atoms with van der Waals surface area (Å²) in [5.74, 6) is 1.34. The molecule has 0 spiro atoms. The SMILES string of the molecule is [S-]c1ccccc1Oc1ccccc1[S-]. The monoisotopic (exact) mass is 232 g/mol. The van der Waals surface area contributed by atoms with Crippen molar-refractivity contribution in [3.8, 4) is 11.5 Å². The van der Waals surface area contributed by atoms with Crippen LogP contribution >= 0.6 is 0 Å². The average molecular weight is 232 g/mol. The first-order valence-corrected chi connectivity index (χ1v) is 5.29. The molecule has 15 heavy (non-hydrogen) atoms. The molecule has 0 unspecified atom stereocenters. The molecule has 0 radical (unpaired) electrons. The van der Waals surface area contributed by atoms with Crippen molar-refractivity contribution in [3.05, 3.63) is 48.5 Å². The van der Waals surface area contributed by atoms with Crippen LogP contribution in [0, 0.1) is 0 Å². The zero-order valence-corrected chi connectivity index (χ0v) is 9.48. The second kappa shape index (κ2) is 4.47. The third-order valence-electron chi connectivity index (χ3n) is 1.92. The summed E-state index contributed by atoms with van der Waals surface area (Å²) in [6.45, 7) is 0. The molecule has 0 bridgehead atoms. The van der Waals surface area contributed by atoms with Crippen LogP contribution in [0.5, 0.6) is 11.5 Å². The lowest BCUT2D eigenvalue weighted by molar-refractivity contribution is 0.460. The van der Waals surface area contributed by atoms with Crippen molar-refractivity contribution in [2.45, 2.75) is 9.79 Å². The van der Waals surface area contributed by atoms with Gasteiger partial charge < -0.3 is 30.0 Å². The molecular weight excluding hydrogens is 224 g/mol. The molecular formula is C12H8OS2-2. The predicted octanol–water partition coefficient (Wildman–Crippen LogP) is 3.29. The second-order valence-corrected chi connectivity index (χ2v) is 3.88. The minimum Gasteiger partial charge on any atom is -0.776 e. The molecule has 0 saturated carbocycles. The quantitative estimate of drug-likeness (QED) is 0.735. The van der Waals surface area contributed by atoms with Crippen molar-refractivity contribution >= 4 is 25.3 Å². The van der Waals surface area contributed by atoms with E-state index in [0.717, 1.165) is 0 Å². The van der Waals surface area contributed by atoms with E-state index < -0.39 is 0 Å². The number of hydrogen-bond acceptors (Lipinski definition) is 3. The lowest BCUT2D eigenvalue weighted by atomic mass is 10.3. The Morgan fingerprint density at radius 2 is 1.07 bits per heavy atom. The van der Waals surface area contributed by atoms with Gasteiger partial charge in [-0.25, -0.2) is 0 Å². The Kier molecular flexibility index (Phi) is 3.04. The summed E-state index contributed by atoms with van der Waals surface area (Å²) in [6, 6.07) is 14.9. The van der Waals surface area contributed by atoms with E-state index in [1.54, 1.807) is 0 Å². The first-order chi connectivity index (χ1) is 7.27. The fraction of sp³-hybridized carbons (Fsp3) is 0.